The second kappa shape index (κ2) is 8.99. The van der Waals surface area contributed by atoms with E-state index >= 15 is 0 Å². The van der Waals surface area contributed by atoms with Crippen LogP contribution in [0.4, 0.5) is 0 Å². The van der Waals surface area contributed by atoms with Gasteiger partial charge in [0.15, 0.2) is 0 Å². The first-order valence-electron chi connectivity index (χ1n) is 11.9. The zero-order chi connectivity index (χ0) is 19.4. The summed E-state index contributed by atoms with van der Waals surface area (Å²) in [7, 11) is 0. The van der Waals surface area contributed by atoms with Gasteiger partial charge in [-0.25, -0.2) is 0 Å². The lowest BCUT2D eigenvalue weighted by molar-refractivity contribution is 0.0627. The summed E-state index contributed by atoms with van der Waals surface area (Å²) >= 11 is 0. The van der Waals surface area contributed by atoms with E-state index in [1.54, 1.807) is 5.56 Å². The molecule has 1 N–H and O–H groups in total. The summed E-state index contributed by atoms with van der Waals surface area (Å²) in [5.41, 5.74) is 1.74. The number of hydrogen-bond acceptors (Lipinski definition) is 1. The molecule has 2 aromatic carbocycles. The predicted molar refractivity (Wildman–Crippen MR) is 122 cm³/mol. The lowest BCUT2D eigenvalue weighted by Gasteiger charge is -2.51. The van der Waals surface area contributed by atoms with Crippen LogP contribution in [0.5, 0.6) is 0 Å². The molecule has 0 spiro atoms. The fourth-order valence-corrected chi connectivity index (χ4v) is 6.13. The van der Waals surface area contributed by atoms with E-state index in [9.17, 15) is 0 Å². The molecule has 28 heavy (non-hydrogen) atoms. The maximum Gasteiger partial charge on any atom is 0.0492 e. The van der Waals surface area contributed by atoms with Crippen molar-refractivity contribution < 1.29 is 0 Å². The lowest BCUT2D eigenvalue weighted by atomic mass is 9.61. The van der Waals surface area contributed by atoms with E-state index in [2.05, 4.69) is 61.6 Å². The molecule has 2 aliphatic rings. The smallest absolute Gasteiger partial charge is 0.0492 e. The van der Waals surface area contributed by atoms with Crippen LogP contribution in [0.15, 0.2) is 42.5 Å². The minimum atomic E-state index is 0.162. The van der Waals surface area contributed by atoms with Gasteiger partial charge < -0.3 is 5.32 Å². The molecule has 152 valence electrons. The van der Waals surface area contributed by atoms with E-state index in [0.29, 0.717) is 5.92 Å². The van der Waals surface area contributed by atoms with Gasteiger partial charge in [-0.1, -0.05) is 88.8 Å². The summed E-state index contributed by atoms with van der Waals surface area (Å²) in [6, 6.07) is 16.3. The average Bonchev–Trinajstić information content (AvgIpc) is 2.75. The van der Waals surface area contributed by atoms with Crippen molar-refractivity contribution in [2.24, 2.45) is 17.8 Å². The van der Waals surface area contributed by atoms with Gasteiger partial charge in [-0.2, -0.15) is 0 Å². The number of rotatable bonds is 6. The maximum atomic E-state index is 4.25. The van der Waals surface area contributed by atoms with Crippen molar-refractivity contribution in [1.29, 1.82) is 0 Å². The lowest BCUT2D eigenvalue weighted by Crippen LogP contribution is -2.55. The fourth-order valence-electron chi connectivity index (χ4n) is 6.13. The predicted octanol–water partition coefficient (Wildman–Crippen LogP) is 7.44. The number of fused-ring (bicyclic) bond motifs is 1. The van der Waals surface area contributed by atoms with Gasteiger partial charge in [0.2, 0.25) is 0 Å². The van der Waals surface area contributed by atoms with Crippen LogP contribution in [-0.2, 0) is 5.54 Å². The van der Waals surface area contributed by atoms with E-state index in [1.807, 2.05) is 0 Å². The van der Waals surface area contributed by atoms with Crippen molar-refractivity contribution in [2.75, 3.05) is 6.54 Å². The van der Waals surface area contributed by atoms with Crippen molar-refractivity contribution in [3.63, 3.8) is 0 Å². The Labute approximate surface area is 172 Å². The van der Waals surface area contributed by atoms with Crippen LogP contribution in [-0.4, -0.2) is 6.54 Å². The Morgan fingerprint density at radius 2 is 1.36 bits per heavy atom. The zero-order valence-corrected chi connectivity index (χ0v) is 18.1. The van der Waals surface area contributed by atoms with Crippen LogP contribution in [0.3, 0.4) is 0 Å². The number of hydrogen-bond donors (Lipinski definition) is 1. The second-order valence-corrected chi connectivity index (χ2v) is 9.88. The van der Waals surface area contributed by atoms with E-state index < -0.39 is 0 Å². The highest BCUT2D eigenvalue weighted by Gasteiger charge is 2.46. The van der Waals surface area contributed by atoms with Gasteiger partial charge in [-0.05, 0) is 72.4 Å². The number of benzene rings is 2. The topological polar surface area (TPSA) is 12.0 Å². The molecule has 0 atom stereocenters. The molecule has 0 aromatic heterocycles. The molecule has 2 aromatic rings. The Morgan fingerprint density at radius 3 is 1.93 bits per heavy atom. The minimum Gasteiger partial charge on any atom is -0.307 e. The van der Waals surface area contributed by atoms with Gasteiger partial charge >= 0.3 is 0 Å². The summed E-state index contributed by atoms with van der Waals surface area (Å²) in [5.74, 6) is 2.25. The molecule has 0 saturated heterocycles. The normalized spacial score (nSPS) is 20.1. The monoisotopic (exact) mass is 377 g/mol. The van der Waals surface area contributed by atoms with Crippen LogP contribution in [0.25, 0.3) is 10.8 Å². The molecule has 0 unspecified atom stereocenters. The Hall–Kier alpha value is -1.34. The third kappa shape index (κ3) is 4.01. The molecule has 1 nitrogen and oxygen atoms in total. The first-order chi connectivity index (χ1) is 13.7. The molecule has 0 aliphatic heterocycles. The highest BCUT2D eigenvalue weighted by Crippen LogP contribution is 2.49. The molecule has 0 bridgehead atoms. The molecule has 0 amide bonds. The molecule has 2 saturated carbocycles. The first-order valence-corrected chi connectivity index (χ1v) is 11.9. The largest absolute Gasteiger partial charge is 0.307 e. The summed E-state index contributed by atoms with van der Waals surface area (Å²) in [6.45, 7) is 5.85. The van der Waals surface area contributed by atoms with E-state index in [-0.39, 0.29) is 5.54 Å². The van der Waals surface area contributed by atoms with E-state index in [4.69, 9.17) is 0 Å². The average molecular weight is 378 g/mol. The summed E-state index contributed by atoms with van der Waals surface area (Å²) in [5, 5.41) is 7.03. The van der Waals surface area contributed by atoms with Crippen LogP contribution in [0.1, 0.15) is 83.6 Å². The molecule has 0 heterocycles. The van der Waals surface area contributed by atoms with Crippen molar-refractivity contribution in [3.8, 4) is 0 Å². The molecule has 0 radical (unpaired) electrons. The van der Waals surface area contributed by atoms with Crippen LogP contribution in [0.2, 0.25) is 0 Å². The SMILES string of the molecule is CC(C)CNC(c1ccc2ccccc2c1)(C1CCCCC1)C1CCCCC1. The third-order valence-corrected chi connectivity index (χ3v) is 7.53. The van der Waals surface area contributed by atoms with Crippen molar-refractivity contribution in [3.05, 3.63) is 48.0 Å². The summed E-state index contributed by atoms with van der Waals surface area (Å²) in [6.07, 6.45) is 14.1. The van der Waals surface area contributed by atoms with Gasteiger partial charge in [0.25, 0.3) is 0 Å². The van der Waals surface area contributed by atoms with Gasteiger partial charge in [0.1, 0.15) is 0 Å². The van der Waals surface area contributed by atoms with Crippen molar-refractivity contribution in [2.45, 2.75) is 83.6 Å². The Balaban J connectivity index is 1.82. The molecule has 2 fully saturated rings. The standard InChI is InChI=1S/C27H39N/c1-21(2)20-28-27(24-13-5-3-6-14-24,25-15-7-4-8-16-25)26-18-17-22-11-9-10-12-23(22)19-26/h9-12,17-19,21,24-25,28H,3-8,13-16,20H2,1-2H3. The minimum absolute atomic E-state index is 0.162. The quantitative estimate of drug-likeness (QED) is 0.551. The molecule has 4 rings (SSSR count). The van der Waals surface area contributed by atoms with Crippen LogP contribution < -0.4 is 5.32 Å². The van der Waals surface area contributed by atoms with Gasteiger partial charge in [0.05, 0.1) is 0 Å². The van der Waals surface area contributed by atoms with E-state index in [1.165, 1.54) is 75.0 Å². The van der Waals surface area contributed by atoms with Crippen molar-refractivity contribution in [1.82, 2.24) is 5.32 Å². The highest BCUT2D eigenvalue weighted by atomic mass is 15.0. The molecular weight excluding hydrogens is 338 g/mol. The molecule has 2 aliphatic carbocycles. The summed E-state index contributed by atoms with van der Waals surface area (Å²) < 4.78 is 0. The second-order valence-electron chi connectivity index (χ2n) is 9.88. The van der Waals surface area contributed by atoms with E-state index in [0.717, 1.165) is 18.4 Å². The zero-order valence-electron chi connectivity index (χ0n) is 18.1. The first kappa shape index (κ1) is 20.0. The molecular formula is C27H39N. The van der Waals surface area contributed by atoms with Gasteiger partial charge in [-0.15, -0.1) is 0 Å². The Kier molecular flexibility index (Phi) is 6.41. The van der Waals surface area contributed by atoms with Gasteiger partial charge in [0, 0.05) is 5.54 Å². The van der Waals surface area contributed by atoms with Crippen LogP contribution in [0, 0.1) is 17.8 Å². The Morgan fingerprint density at radius 1 is 0.786 bits per heavy atom. The molecule has 1 heteroatoms. The van der Waals surface area contributed by atoms with Crippen LogP contribution >= 0.6 is 0 Å². The maximum absolute atomic E-state index is 4.25. The third-order valence-electron chi connectivity index (χ3n) is 7.53. The summed E-state index contributed by atoms with van der Waals surface area (Å²) in [4.78, 5) is 0. The van der Waals surface area contributed by atoms with Gasteiger partial charge in [-0.3, -0.25) is 0 Å². The number of nitrogens with one attached hydrogen (secondary N) is 1. The Bertz CT molecular complexity index is 732. The fraction of sp³-hybridized carbons (Fsp3) is 0.630. The highest BCUT2D eigenvalue weighted by molar-refractivity contribution is 5.83. The van der Waals surface area contributed by atoms with Crippen molar-refractivity contribution >= 4 is 10.8 Å².